The molecule has 1 unspecified atom stereocenters. The molecule has 2 amide bonds. The summed E-state index contributed by atoms with van der Waals surface area (Å²) in [4.78, 5) is 37.5. The van der Waals surface area contributed by atoms with Crippen LogP contribution >= 0.6 is 11.6 Å². The molecule has 2 aromatic carbocycles. The third kappa shape index (κ3) is 6.88. The summed E-state index contributed by atoms with van der Waals surface area (Å²) in [6.07, 6.45) is 0. The highest BCUT2D eigenvalue weighted by Crippen LogP contribution is 2.23. The van der Waals surface area contributed by atoms with Gasteiger partial charge in [-0.2, -0.15) is 0 Å². The zero-order valence-electron chi connectivity index (χ0n) is 18.7. The first-order chi connectivity index (χ1) is 15.1. The zero-order valence-corrected chi connectivity index (χ0v) is 19.4. The molecule has 0 aromatic heterocycles. The van der Waals surface area contributed by atoms with Gasteiger partial charge in [-0.3, -0.25) is 9.59 Å². The second kappa shape index (κ2) is 11.4. The normalized spacial score (nSPS) is 11.5. The van der Waals surface area contributed by atoms with Crippen LogP contribution in [0.4, 0.5) is 5.69 Å². The van der Waals surface area contributed by atoms with E-state index >= 15 is 0 Å². The van der Waals surface area contributed by atoms with Crippen LogP contribution in [-0.2, 0) is 14.3 Å². The van der Waals surface area contributed by atoms with Crippen LogP contribution in [-0.4, -0.2) is 44.7 Å². The lowest BCUT2D eigenvalue weighted by Gasteiger charge is -2.21. The van der Waals surface area contributed by atoms with Crippen molar-refractivity contribution in [2.75, 3.05) is 26.1 Å². The van der Waals surface area contributed by atoms with Crippen molar-refractivity contribution in [2.24, 2.45) is 5.92 Å². The zero-order chi connectivity index (χ0) is 23.8. The van der Waals surface area contributed by atoms with Crippen molar-refractivity contribution in [3.8, 4) is 11.5 Å². The molecule has 0 aliphatic heterocycles. The number of esters is 1. The maximum absolute atomic E-state index is 12.7. The fraction of sp³-hybridized carbons (Fsp3) is 0.348. The summed E-state index contributed by atoms with van der Waals surface area (Å²) in [6, 6.07) is 8.81. The van der Waals surface area contributed by atoms with E-state index in [0.29, 0.717) is 22.2 Å². The quantitative estimate of drug-likeness (QED) is 0.552. The highest BCUT2D eigenvalue weighted by atomic mass is 35.5. The van der Waals surface area contributed by atoms with Crippen LogP contribution in [0, 0.1) is 12.8 Å². The molecule has 32 heavy (non-hydrogen) atoms. The number of carbonyl (C=O) groups is 3. The molecule has 0 fully saturated rings. The molecule has 9 heteroatoms. The van der Waals surface area contributed by atoms with Gasteiger partial charge in [0.05, 0.1) is 14.2 Å². The van der Waals surface area contributed by atoms with Crippen LogP contribution in [0.3, 0.4) is 0 Å². The smallest absolute Gasteiger partial charge is 0.329 e. The van der Waals surface area contributed by atoms with Gasteiger partial charge in [0.2, 0.25) is 0 Å². The van der Waals surface area contributed by atoms with Gasteiger partial charge < -0.3 is 24.8 Å². The second-order valence-corrected chi connectivity index (χ2v) is 7.85. The lowest BCUT2D eigenvalue weighted by atomic mass is 10.0. The van der Waals surface area contributed by atoms with Gasteiger partial charge in [0, 0.05) is 22.3 Å². The van der Waals surface area contributed by atoms with Crippen LogP contribution in [0.25, 0.3) is 0 Å². The van der Waals surface area contributed by atoms with Crippen LogP contribution in [0.15, 0.2) is 36.4 Å². The van der Waals surface area contributed by atoms with Crippen molar-refractivity contribution in [1.82, 2.24) is 5.32 Å². The Hall–Kier alpha value is -3.26. The number of anilines is 1. The van der Waals surface area contributed by atoms with Gasteiger partial charge in [-0.1, -0.05) is 31.5 Å². The lowest BCUT2D eigenvalue weighted by Crippen LogP contribution is -2.46. The Morgan fingerprint density at radius 3 is 2.19 bits per heavy atom. The summed E-state index contributed by atoms with van der Waals surface area (Å²) in [7, 11) is 2.95. The Morgan fingerprint density at radius 1 is 1.00 bits per heavy atom. The van der Waals surface area contributed by atoms with E-state index in [2.05, 4.69) is 10.6 Å². The third-order valence-electron chi connectivity index (χ3n) is 4.64. The third-order valence-corrected chi connectivity index (χ3v) is 4.88. The largest absolute Gasteiger partial charge is 0.497 e. The fourth-order valence-electron chi connectivity index (χ4n) is 2.80. The number of hydrogen-bond acceptors (Lipinski definition) is 6. The molecule has 0 saturated heterocycles. The van der Waals surface area contributed by atoms with Gasteiger partial charge >= 0.3 is 5.97 Å². The molecule has 0 spiro atoms. The van der Waals surface area contributed by atoms with E-state index < -0.39 is 30.4 Å². The molecule has 2 aromatic rings. The van der Waals surface area contributed by atoms with E-state index in [1.54, 1.807) is 38.1 Å². The Morgan fingerprint density at radius 2 is 1.62 bits per heavy atom. The molecule has 0 aliphatic rings. The van der Waals surface area contributed by atoms with Crippen LogP contribution in [0.1, 0.15) is 29.8 Å². The van der Waals surface area contributed by atoms with Gasteiger partial charge in [0.15, 0.2) is 6.61 Å². The second-order valence-electron chi connectivity index (χ2n) is 7.41. The minimum absolute atomic E-state index is 0.258. The SMILES string of the molecule is COc1cc(OC)cc(C(=O)NC(C(=O)OCC(=O)Nc2cc(Cl)ccc2C)C(C)C)c1. The van der Waals surface area contributed by atoms with Crippen molar-refractivity contribution >= 4 is 35.1 Å². The molecule has 2 rings (SSSR count). The summed E-state index contributed by atoms with van der Waals surface area (Å²) in [5.41, 5.74) is 1.60. The number of rotatable bonds is 9. The van der Waals surface area contributed by atoms with E-state index in [-0.39, 0.29) is 11.5 Å². The number of ether oxygens (including phenoxy) is 3. The van der Waals surface area contributed by atoms with Crippen LogP contribution in [0.2, 0.25) is 5.02 Å². The Bertz CT molecular complexity index is 970. The number of nitrogens with one attached hydrogen (secondary N) is 2. The predicted octanol–water partition coefficient (Wildman–Crippen LogP) is 3.60. The van der Waals surface area contributed by atoms with Crippen molar-refractivity contribution < 1.29 is 28.6 Å². The van der Waals surface area contributed by atoms with Gasteiger partial charge in [-0.25, -0.2) is 4.79 Å². The molecular formula is C23H27ClN2O6. The Kier molecular flexibility index (Phi) is 8.90. The van der Waals surface area contributed by atoms with Crippen molar-refractivity contribution in [3.63, 3.8) is 0 Å². The van der Waals surface area contributed by atoms with Crippen LogP contribution in [0.5, 0.6) is 11.5 Å². The summed E-state index contributed by atoms with van der Waals surface area (Å²) in [6.45, 7) is 4.83. The molecule has 0 saturated carbocycles. The molecule has 2 N–H and O–H groups in total. The van der Waals surface area contributed by atoms with E-state index in [4.69, 9.17) is 25.8 Å². The number of amides is 2. The number of aryl methyl sites for hydroxylation is 1. The van der Waals surface area contributed by atoms with E-state index in [0.717, 1.165) is 5.56 Å². The first-order valence-electron chi connectivity index (χ1n) is 9.91. The highest BCUT2D eigenvalue weighted by molar-refractivity contribution is 6.31. The molecule has 1 atom stereocenters. The minimum Gasteiger partial charge on any atom is -0.497 e. The monoisotopic (exact) mass is 462 g/mol. The molecule has 0 radical (unpaired) electrons. The van der Waals surface area contributed by atoms with Gasteiger partial charge in [0.1, 0.15) is 17.5 Å². The Labute approximate surface area is 192 Å². The number of benzene rings is 2. The maximum atomic E-state index is 12.7. The Balaban J connectivity index is 2.02. The molecule has 8 nitrogen and oxygen atoms in total. The molecular weight excluding hydrogens is 436 g/mol. The molecule has 0 bridgehead atoms. The van der Waals surface area contributed by atoms with Crippen LogP contribution < -0.4 is 20.1 Å². The van der Waals surface area contributed by atoms with Gasteiger partial charge in [-0.15, -0.1) is 0 Å². The van der Waals surface area contributed by atoms with Crippen molar-refractivity contribution in [3.05, 3.63) is 52.5 Å². The first kappa shape index (κ1) is 25.0. The summed E-state index contributed by atoms with van der Waals surface area (Å²) in [5, 5.41) is 5.77. The summed E-state index contributed by atoms with van der Waals surface area (Å²) < 4.78 is 15.5. The number of carbonyl (C=O) groups excluding carboxylic acids is 3. The standard InChI is InChI=1S/C23H27ClN2O6/c1-13(2)21(26-22(28)15-8-17(30-4)11-18(9-15)31-5)23(29)32-12-20(27)25-19-10-16(24)7-6-14(19)3/h6-11,13,21H,12H2,1-5H3,(H,25,27)(H,26,28). The number of hydrogen-bond donors (Lipinski definition) is 2. The highest BCUT2D eigenvalue weighted by Gasteiger charge is 2.27. The first-order valence-corrected chi connectivity index (χ1v) is 10.3. The van der Waals surface area contributed by atoms with E-state index in [1.165, 1.54) is 26.4 Å². The van der Waals surface area contributed by atoms with Crippen molar-refractivity contribution in [1.29, 1.82) is 0 Å². The average Bonchev–Trinajstić information content (AvgIpc) is 2.77. The van der Waals surface area contributed by atoms with E-state index in [1.807, 2.05) is 6.92 Å². The summed E-state index contributed by atoms with van der Waals surface area (Å²) in [5.74, 6) is -1.15. The number of methoxy groups -OCH3 is 2. The fourth-order valence-corrected chi connectivity index (χ4v) is 2.97. The van der Waals surface area contributed by atoms with Gasteiger partial charge in [0.25, 0.3) is 11.8 Å². The van der Waals surface area contributed by atoms with Gasteiger partial charge in [-0.05, 0) is 42.7 Å². The molecule has 172 valence electrons. The molecule has 0 aliphatic carbocycles. The summed E-state index contributed by atoms with van der Waals surface area (Å²) >= 11 is 5.95. The maximum Gasteiger partial charge on any atom is 0.329 e. The topological polar surface area (TPSA) is 103 Å². The number of halogens is 1. The molecule has 0 heterocycles. The lowest BCUT2D eigenvalue weighted by molar-refractivity contribution is -0.150. The van der Waals surface area contributed by atoms with Crippen molar-refractivity contribution in [2.45, 2.75) is 26.8 Å². The predicted molar refractivity (Wildman–Crippen MR) is 121 cm³/mol. The average molecular weight is 463 g/mol. The van der Waals surface area contributed by atoms with E-state index in [9.17, 15) is 14.4 Å². The minimum atomic E-state index is -0.958.